The second-order valence-corrected chi connectivity index (χ2v) is 1.95. The maximum absolute atomic E-state index is 10.3. The first-order valence-corrected chi connectivity index (χ1v) is 2.96. The van der Waals surface area contributed by atoms with Crippen molar-refractivity contribution in [1.82, 2.24) is 0 Å². The lowest BCUT2D eigenvalue weighted by atomic mass is 10.2. The molecule has 4 nitrogen and oxygen atoms in total. The van der Waals surface area contributed by atoms with Crippen LogP contribution in [0.5, 0.6) is 0 Å². The van der Waals surface area contributed by atoms with E-state index in [-0.39, 0.29) is 16.2 Å². The third-order valence-corrected chi connectivity index (χ3v) is 1.27. The highest BCUT2D eigenvalue weighted by molar-refractivity contribution is 5.80. The molecule has 56 valence electrons. The van der Waals surface area contributed by atoms with Gasteiger partial charge in [-0.2, -0.15) is 0 Å². The summed E-state index contributed by atoms with van der Waals surface area (Å²) in [6.45, 7) is 0. The van der Waals surface area contributed by atoms with Crippen LogP contribution in [-0.4, -0.2) is 16.4 Å². The van der Waals surface area contributed by atoms with E-state index in [1.807, 2.05) is 0 Å². The van der Waals surface area contributed by atoms with Gasteiger partial charge in [0.2, 0.25) is 0 Å². The van der Waals surface area contributed by atoms with Crippen LogP contribution in [0.25, 0.3) is 0 Å². The Kier molecular flexibility index (Phi) is 1.96. The van der Waals surface area contributed by atoms with E-state index < -0.39 is 0 Å². The lowest BCUT2D eigenvalue weighted by Crippen LogP contribution is -1.95. The van der Waals surface area contributed by atoms with Crippen LogP contribution in [0.2, 0.25) is 0 Å². The molecule has 1 N–H and O–H groups in total. The summed E-state index contributed by atoms with van der Waals surface area (Å²) in [6, 6.07) is 5.97. The molecule has 0 radical (unpaired) electrons. The van der Waals surface area contributed by atoms with E-state index >= 15 is 0 Å². The highest BCUT2D eigenvalue weighted by atomic mass is 16.6. The predicted octanol–water partition coefficient (Wildman–Crippen LogP) is 1.30. The minimum atomic E-state index is -0.330. The molecule has 0 atom stereocenters. The van der Waals surface area contributed by atoms with E-state index in [1.165, 1.54) is 12.1 Å². The van der Waals surface area contributed by atoms with Gasteiger partial charge >= 0.3 is 5.69 Å². The molecule has 0 aliphatic carbocycles. The fourth-order valence-electron chi connectivity index (χ4n) is 0.761. The topological polar surface area (TPSA) is 57.4 Å². The van der Waals surface area contributed by atoms with Gasteiger partial charge in [0.1, 0.15) is 0 Å². The molecule has 0 unspecified atom stereocenters. The summed E-state index contributed by atoms with van der Waals surface area (Å²) in [4.78, 5) is 20.3. The fraction of sp³-hybridized carbons (Fsp3) is 0. The number of hydrogen-bond donors (Lipinski definition) is 1. The first kappa shape index (κ1) is 7.40. The minimum absolute atomic E-state index is 0.0394. The third-order valence-electron chi connectivity index (χ3n) is 1.27. The van der Waals surface area contributed by atoms with Crippen molar-refractivity contribution < 1.29 is 14.9 Å². The van der Waals surface area contributed by atoms with Crippen LogP contribution in [0.1, 0.15) is 10.4 Å². The van der Waals surface area contributed by atoms with E-state index in [0.29, 0.717) is 6.29 Å². The molecule has 11 heavy (non-hydrogen) atoms. The fourth-order valence-corrected chi connectivity index (χ4v) is 0.761. The Hall–Kier alpha value is -1.71. The summed E-state index contributed by atoms with van der Waals surface area (Å²) >= 11 is 0. The molecule has 0 aromatic heterocycles. The summed E-state index contributed by atoms with van der Waals surface area (Å²) < 4.78 is 0. The Bertz CT molecular complexity index is 295. The molecule has 0 spiro atoms. The van der Waals surface area contributed by atoms with Crippen LogP contribution in [0.15, 0.2) is 24.3 Å². The maximum Gasteiger partial charge on any atom is 0.327 e. The Labute approximate surface area is 62.6 Å². The van der Waals surface area contributed by atoms with Gasteiger partial charge in [-0.25, -0.2) is 5.21 Å². The molecule has 1 rings (SSSR count). The minimum Gasteiger partial charge on any atom is -0.298 e. The number of para-hydroxylation sites is 1. The van der Waals surface area contributed by atoms with Crippen LogP contribution in [0.3, 0.4) is 0 Å². The number of carbonyl (C=O) groups is 1. The van der Waals surface area contributed by atoms with Gasteiger partial charge in [0, 0.05) is 6.07 Å². The number of hydrogen-bond acceptors (Lipinski definition) is 2. The first-order valence-electron chi connectivity index (χ1n) is 2.96. The summed E-state index contributed by atoms with van der Waals surface area (Å²) in [5.74, 6) is 0. The average molecular weight is 152 g/mol. The number of carbonyl (C=O) groups excluding carboxylic acids is 1. The maximum atomic E-state index is 10.3. The monoisotopic (exact) mass is 152 g/mol. The highest BCUT2D eigenvalue weighted by Crippen LogP contribution is 2.13. The first-order chi connectivity index (χ1) is 5.25. The molecular weight excluding hydrogens is 146 g/mol. The summed E-state index contributed by atoms with van der Waals surface area (Å²) in [7, 11) is 0. The predicted molar refractivity (Wildman–Crippen MR) is 36.9 cm³/mol. The van der Waals surface area contributed by atoms with E-state index in [9.17, 15) is 9.70 Å². The normalized spacial score (nSPS) is 9.09. The largest absolute Gasteiger partial charge is 0.327 e. The lowest BCUT2D eigenvalue weighted by molar-refractivity contribution is -0.729. The number of aldehydes is 1. The summed E-state index contributed by atoms with van der Waals surface area (Å²) in [6.07, 6.45) is 0.510. The highest BCUT2D eigenvalue weighted by Gasteiger charge is 2.15. The van der Waals surface area contributed by atoms with Gasteiger partial charge in [0.25, 0.3) is 4.92 Å². The van der Waals surface area contributed by atoms with E-state index in [1.54, 1.807) is 12.1 Å². The van der Waals surface area contributed by atoms with E-state index in [4.69, 9.17) is 5.21 Å². The van der Waals surface area contributed by atoms with Crippen molar-refractivity contribution >= 4 is 12.0 Å². The molecule has 1 aromatic carbocycles. The number of rotatable bonds is 2. The Morgan fingerprint density at radius 3 is 2.45 bits per heavy atom. The Balaban J connectivity index is 3.22. The SMILES string of the molecule is O=Cc1ccccc1[N+](=O)O. The average Bonchev–Trinajstić information content (AvgIpc) is 2.04. The zero-order valence-electron chi connectivity index (χ0n) is 5.60. The molecule has 1 aromatic rings. The van der Waals surface area contributed by atoms with Gasteiger partial charge in [-0.3, -0.25) is 4.79 Å². The molecule has 4 heteroatoms. The van der Waals surface area contributed by atoms with Gasteiger partial charge in [0.05, 0.1) is 10.5 Å². The molecule has 0 saturated carbocycles. The molecule has 0 heterocycles. The van der Waals surface area contributed by atoms with Crippen LogP contribution in [-0.2, 0) is 0 Å². The van der Waals surface area contributed by atoms with Crippen LogP contribution < -0.4 is 0 Å². The van der Waals surface area contributed by atoms with Crippen LogP contribution >= 0.6 is 0 Å². The van der Waals surface area contributed by atoms with Gasteiger partial charge in [-0.05, 0) is 6.07 Å². The second kappa shape index (κ2) is 2.92. The number of benzene rings is 1. The van der Waals surface area contributed by atoms with Crippen molar-refractivity contribution in [2.75, 3.05) is 0 Å². The summed E-state index contributed by atoms with van der Waals surface area (Å²) in [5.41, 5.74) is 0.132. The molecule has 0 amide bonds. The third kappa shape index (κ3) is 1.40. The molecule has 0 aliphatic heterocycles. The van der Waals surface area contributed by atoms with Crippen molar-refractivity contribution in [2.24, 2.45) is 0 Å². The lowest BCUT2D eigenvalue weighted by Gasteiger charge is -1.86. The van der Waals surface area contributed by atoms with Crippen molar-refractivity contribution in [3.05, 3.63) is 34.7 Å². The molecule has 0 aliphatic rings. The van der Waals surface area contributed by atoms with Crippen LogP contribution in [0, 0.1) is 4.91 Å². The quantitative estimate of drug-likeness (QED) is 0.513. The van der Waals surface area contributed by atoms with Crippen molar-refractivity contribution in [1.29, 1.82) is 0 Å². The van der Waals surface area contributed by atoms with E-state index in [2.05, 4.69) is 0 Å². The Morgan fingerprint density at radius 1 is 1.36 bits per heavy atom. The smallest absolute Gasteiger partial charge is 0.298 e. The molecule has 0 bridgehead atoms. The molecule has 0 fully saturated rings. The zero-order chi connectivity index (χ0) is 8.27. The Morgan fingerprint density at radius 2 is 2.00 bits per heavy atom. The molecular formula is C7H6NO3+. The number of nitrogens with zero attached hydrogens (tertiary/aromatic N) is 1. The van der Waals surface area contributed by atoms with Gasteiger partial charge in [-0.1, -0.05) is 12.1 Å². The van der Waals surface area contributed by atoms with Crippen molar-refractivity contribution in [2.45, 2.75) is 0 Å². The van der Waals surface area contributed by atoms with Crippen LogP contribution in [0.4, 0.5) is 5.69 Å². The summed E-state index contributed by atoms with van der Waals surface area (Å²) in [5, 5.41) is 8.45. The standard InChI is InChI=1S/C7H6NO3/c9-5-6-3-1-2-4-7(6)8(10)11/h1-5H,(H,10,11)/q+1. The van der Waals surface area contributed by atoms with Gasteiger partial charge in [-0.15, -0.1) is 0 Å². The molecule has 0 saturated heterocycles. The van der Waals surface area contributed by atoms with Crippen molar-refractivity contribution in [3.63, 3.8) is 0 Å². The zero-order valence-corrected chi connectivity index (χ0v) is 5.60. The van der Waals surface area contributed by atoms with E-state index in [0.717, 1.165) is 0 Å². The van der Waals surface area contributed by atoms with Crippen molar-refractivity contribution in [3.8, 4) is 0 Å². The van der Waals surface area contributed by atoms with Gasteiger partial charge in [0.15, 0.2) is 6.29 Å². The van der Waals surface area contributed by atoms with Gasteiger partial charge < -0.3 is 0 Å². The second-order valence-electron chi connectivity index (χ2n) is 1.95.